The molecule has 0 saturated carbocycles. The number of aromatic amines is 1. The summed E-state index contributed by atoms with van der Waals surface area (Å²) in [7, 11) is 0. The summed E-state index contributed by atoms with van der Waals surface area (Å²) in [5, 5.41) is 3.76. The van der Waals surface area contributed by atoms with E-state index in [9.17, 15) is 9.59 Å². The van der Waals surface area contributed by atoms with Gasteiger partial charge < -0.3 is 15.0 Å². The van der Waals surface area contributed by atoms with Crippen LogP contribution in [0.1, 0.15) is 42.2 Å². The number of carbonyl (C=O) groups excluding carboxylic acids is 2. The minimum absolute atomic E-state index is 0.106. The van der Waals surface area contributed by atoms with Gasteiger partial charge in [-0.15, -0.1) is 0 Å². The molecule has 0 unspecified atom stereocenters. The lowest BCUT2D eigenvalue weighted by Gasteiger charge is -2.21. The third-order valence-electron chi connectivity index (χ3n) is 4.39. The van der Waals surface area contributed by atoms with E-state index in [2.05, 4.69) is 24.1 Å². The number of rotatable bonds is 7. The highest BCUT2D eigenvalue weighted by atomic mass is 16.5. The summed E-state index contributed by atoms with van der Waals surface area (Å²) >= 11 is 0. The molecular formula is C22H24N2O3. The summed E-state index contributed by atoms with van der Waals surface area (Å²) in [4.78, 5) is 27.7. The first-order valence-electron chi connectivity index (χ1n) is 9.12. The van der Waals surface area contributed by atoms with Crippen molar-refractivity contribution >= 4 is 22.8 Å². The Morgan fingerprint density at radius 1 is 1.04 bits per heavy atom. The lowest BCUT2D eigenvalue weighted by Crippen LogP contribution is -2.33. The molecule has 0 radical (unpaired) electrons. The van der Waals surface area contributed by atoms with E-state index in [0.29, 0.717) is 11.5 Å². The van der Waals surface area contributed by atoms with Crippen LogP contribution in [0, 0.1) is 5.92 Å². The minimum Gasteiger partial charge on any atom is -0.452 e. The van der Waals surface area contributed by atoms with Gasteiger partial charge in [-0.25, -0.2) is 4.79 Å². The molecule has 1 amide bonds. The summed E-state index contributed by atoms with van der Waals surface area (Å²) in [5.41, 5.74) is 2.33. The Bertz CT molecular complexity index is 915. The van der Waals surface area contributed by atoms with Crippen LogP contribution in [-0.2, 0) is 9.53 Å². The average molecular weight is 364 g/mol. The van der Waals surface area contributed by atoms with Crippen molar-refractivity contribution in [1.82, 2.24) is 10.3 Å². The number of ether oxygens (including phenoxy) is 1. The van der Waals surface area contributed by atoms with Gasteiger partial charge in [-0.1, -0.05) is 62.4 Å². The second-order valence-corrected chi connectivity index (χ2v) is 6.98. The van der Waals surface area contributed by atoms with Crippen molar-refractivity contribution in [3.63, 3.8) is 0 Å². The molecule has 0 saturated heterocycles. The molecule has 0 spiro atoms. The second kappa shape index (κ2) is 8.54. The van der Waals surface area contributed by atoms with Gasteiger partial charge in [0.15, 0.2) is 6.61 Å². The van der Waals surface area contributed by atoms with Gasteiger partial charge in [0.2, 0.25) is 0 Å². The number of carbonyl (C=O) groups is 2. The van der Waals surface area contributed by atoms with Crippen molar-refractivity contribution < 1.29 is 14.3 Å². The van der Waals surface area contributed by atoms with E-state index in [1.165, 1.54) is 0 Å². The molecule has 0 aliphatic rings. The highest BCUT2D eigenvalue weighted by Gasteiger charge is 2.18. The normalized spacial score (nSPS) is 12.1. The van der Waals surface area contributed by atoms with Crippen LogP contribution in [0.5, 0.6) is 0 Å². The summed E-state index contributed by atoms with van der Waals surface area (Å²) in [6, 6.07) is 17.2. The van der Waals surface area contributed by atoms with Gasteiger partial charge >= 0.3 is 5.97 Å². The standard InChI is InChI=1S/C22H24N2O3/c1-15(2)12-20(16-8-4-3-5-9-16)24-21(25)14-27-22(26)18-13-23-19-11-7-6-10-17(18)19/h3-11,13,15,20,23H,12,14H2,1-2H3,(H,24,25)/t20-/m1/s1. The third-order valence-corrected chi connectivity index (χ3v) is 4.39. The fourth-order valence-corrected chi connectivity index (χ4v) is 3.12. The molecule has 3 rings (SSSR count). The summed E-state index contributed by atoms with van der Waals surface area (Å²) in [6.07, 6.45) is 2.42. The van der Waals surface area contributed by atoms with Gasteiger partial charge in [0.1, 0.15) is 0 Å². The maximum Gasteiger partial charge on any atom is 0.340 e. The number of hydrogen-bond acceptors (Lipinski definition) is 3. The number of aromatic nitrogens is 1. The third kappa shape index (κ3) is 4.76. The lowest BCUT2D eigenvalue weighted by atomic mass is 9.97. The van der Waals surface area contributed by atoms with Gasteiger partial charge in [-0.2, -0.15) is 0 Å². The van der Waals surface area contributed by atoms with Crippen molar-refractivity contribution in [3.05, 3.63) is 71.9 Å². The fourth-order valence-electron chi connectivity index (χ4n) is 3.12. The van der Waals surface area contributed by atoms with Crippen LogP contribution in [0.3, 0.4) is 0 Å². The molecule has 27 heavy (non-hydrogen) atoms. The monoisotopic (exact) mass is 364 g/mol. The van der Waals surface area contributed by atoms with Gasteiger partial charge in [0.05, 0.1) is 11.6 Å². The Kier molecular flexibility index (Phi) is 5.91. The van der Waals surface area contributed by atoms with Crippen molar-refractivity contribution in [3.8, 4) is 0 Å². The Balaban J connectivity index is 1.61. The first kappa shape index (κ1) is 18.7. The molecule has 0 aliphatic carbocycles. The fraction of sp³-hybridized carbons (Fsp3) is 0.273. The van der Waals surface area contributed by atoms with Gasteiger partial charge in [0, 0.05) is 17.1 Å². The van der Waals surface area contributed by atoms with Crippen molar-refractivity contribution in [2.45, 2.75) is 26.3 Å². The summed E-state index contributed by atoms with van der Waals surface area (Å²) < 4.78 is 5.23. The number of fused-ring (bicyclic) bond motifs is 1. The number of benzene rings is 2. The Morgan fingerprint density at radius 2 is 1.74 bits per heavy atom. The van der Waals surface area contributed by atoms with Crippen molar-refractivity contribution in [2.24, 2.45) is 5.92 Å². The SMILES string of the molecule is CC(C)C[C@@H](NC(=O)COC(=O)c1c[nH]c2ccccc12)c1ccccc1. The van der Waals surface area contributed by atoms with E-state index in [1.54, 1.807) is 6.20 Å². The van der Waals surface area contributed by atoms with E-state index < -0.39 is 5.97 Å². The van der Waals surface area contributed by atoms with E-state index >= 15 is 0 Å². The zero-order valence-electron chi connectivity index (χ0n) is 15.6. The van der Waals surface area contributed by atoms with Gasteiger partial charge in [0.25, 0.3) is 5.91 Å². The molecule has 140 valence electrons. The van der Waals surface area contributed by atoms with Crippen LogP contribution in [0.2, 0.25) is 0 Å². The van der Waals surface area contributed by atoms with E-state index in [0.717, 1.165) is 22.9 Å². The number of esters is 1. The largest absolute Gasteiger partial charge is 0.452 e. The van der Waals surface area contributed by atoms with Crippen LogP contribution in [-0.4, -0.2) is 23.5 Å². The highest BCUT2D eigenvalue weighted by Crippen LogP contribution is 2.21. The second-order valence-electron chi connectivity index (χ2n) is 6.98. The highest BCUT2D eigenvalue weighted by molar-refractivity contribution is 6.04. The molecular weight excluding hydrogens is 340 g/mol. The van der Waals surface area contributed by atoms with E-state index in [-0.39, 0.29) is 18.6 Å². The topological polar surface area (TPSA) is 71.2 Å². The van der Waals surface area contributed by atoms with Crippen molar-refractivity contribution in [1.29, 1.82) is 0 Å². The zero-order valence-corrected chi connectivity index (χ0v) is 15.6. The van der Waals surface area contributed by atoms with Crippen LogP contribution < -0.4 is 5.32 Å². The summed E-state index contributed by atoms with van der Waals surface area (Å²) in [6.45, 7) is 3.91. The van der Waals surface area contributed by atoms with E-state index in [4.69, 9.17) is 4.74 Å². The lowest BCUT2D eigenvalue weighted by molar-refractivity contribution is -0.125. The minimum atomic E-state index is -0.511. The Labute approximate surface area is 158 Å². The van der Waals surface area contributed by atoms with Crippen LogP contribution >= 0.6 is 0 Å². The molecule has 2 N–H and O–H groups in total. The number of H-pyrrole nitrogens is 1. The van der Waals surface area contributed by atoms with E-state index in [1.807, 2.05) is 54.6 Å². The maximum atomic E-state index is 12.3. The molecule has 2 aromatic carbocycles. The van der Waals surface area contributed by atoms with Crippen molar-refractivity contribution in [2.75, 3.05) is 6.61 Å². The Hall–Kier alpha value is -3.08. The van der Waals surface area contributed by atoms with Crippen LogP contribution in [0.15, 0.2) is 60.8 Å². The number of nitrogens with one attached hydrogen (secondary N) is 2. The number of amides is 1. The van der Waals surface area contributed by atoms with Crippen LogP contribution in [0.25, 0.3) is 10.9 Å². The predicted octanol–water partition coefficient (Wildman–Crippen LogP) is 4.23. The Morgan fingerprint density at radius 3 is 2.48 bits per heavy atom. The first-order chi connectivity index (χ1) is 13.0. The molecule has 3 aromatic rings. The summed E-state index contributed by atoms with van der Waals surface area (Å²) in [5.74, 6) is -0.398. The quantitative estimate of drug-likeness (QED) is 0.616. The molecule has 1 aromatic heterocycles. The predicted molar refractivity (Wildman–Crippen MR) is 105 cm³/mol. The average Bonchev–Trinajstić information content (AvgIpc) is 3.10. The molecule has 0 fully saturated rings. The van der Waals surface area contributed by atoms with Crippen LogP contribution in [0.4, 0.5) is 0 Å². The molecule has 5 heteroatoms. The molecule has 5 nitrogen and oxygen atoms in total. The molecule has 0 aliphatic heterocycles. The zero-order chi connectivity index (χ0) is 19.2. The number of hydrogen-bond donors (Lipinski definition) is 2. The molecule has 1 heterocycles. The first-order valence-corrected chi connectivity index (χ1v) is 9.12. The number of para-hydroxylation sites is 1. The van der Waals surface area contributed by atoms with Gasteiger partial charge in [-0.3, -0.25) is 4.79 Å². The molecule has 0 bridgehead atoms. The maximum absolute atomic E-state index is 12.3. The smallest absolute Gasteiger partial charge is 0.340 e. The van der Waals surface area contributed by atoms with Gasteiger partial charge in [-0.05, 0) is 24.0 Å². The molecule has 1 atom stereocenters.